The Morgan fingerprint density at radius 1 is 1.31 bits per heavy atom. The van der Waals surface area contributed by atoms with E-state index in [0.29, 0.717) is 0 Å². The van der Waals surface area contributed by atoms with E-state index in [4.69, 9.17) is 4.98 Å². The number of nitrogens with zero attached hydrogens (tertiary/aromatic N) is 1. The molecule has 2 heterocycles. The van der Waals surface area contributed by atoms with Crippen molar-refractivity contribution in [3.63, 3.8) is 0 Å². The van der Waals surface area contributed by atoms with E-state index in [0.717, 1.165) is 30.6 Å². The fourth-order valence-corrected chi connectivity index (χ4v) is 2.95. The van der Waals surface area contributed by atoms with Gasteiger partial charge in [-0.1, -0.05) is 19.9 Å². The summed E-state index contributed by atoms with van der Waals surface area (Å²) in [5.41, 5.74) is 4.30. The van der Waals surface area contributed by atoms with Gasteiger partial charge in [0.2, 0.25) is 0 Å². The third kappa shape index (κ3) is 1.60. The van der Waals surface area contributed by atoms with Crippen LogP contribution in [0.1, 0.15) is 37.1 Å². The third-order valence-electron chi connectivity index (χ3n) is 4.14. The molecule has 1 aromatic rings. The lowest BCUT2D eigenvalue weighted by Gasteiger charge is -2.27. The summed E-state index contributed by atoms with van der Waals surface area (Å²) in [5, 5.41) is 3.38. The van der Waals surface area contributed by atoms with Crippen LogP contribution in [0.5, 0.6) is 0 Å². The molecule has 0 aromatic carbocycles. The van der Waals surface area contributed by atoms with Crippen molar-refractivity contribution >= 4 is 5.82 Å². The molecule has 2 nitrogen and oxygen atoms in total. The molecule has 0 spiro atoms. The van der Waals surface area contributed by atoms with Crippen molar-refractivity contribution in [3.8, 4) is 0 Å². The molecule has 0 amide bonds. The molecule has 16 heavy (non-hydrogen) atoms. The molecule has 2 heteroatoms. The number of nitrogens with one attached hydrogen (secondary N) is 1. The fourth-order valence-electron chi connectivity index (χ4n) is 2.95. The first kappa shape index (κ1) is 10.1. The summed E-state index contributed by atoms with van der Waals surface area (Å²) in [4.78, 5) is 4.82. The molecule has 1 aliphatic heterocycles. The van der Waals surface area contributed by atoms with Gasteiger partial charge in [-0.15, -0.1) is 0 Å². The zero-order chi connectivity index (χ0) is 11.1. The molecule has 2 aliphatic rings. The lowest BCUT2D eigenvalue weighted by Crippen LogP contribution is -2.20. The van der Waals surface area contributed by atoms with Crippen molar-refractivity contribution in [2.24, 2.45) is 11.8 Å². The van der Waals surface area contributed by atoms with E-state index in [9.17, 15) is 0 Å². The maximum Gasteiger partial charge on any atom is 0.129 e. The summed E-state index contributed by atoms with van der Waals surface area (Å²) in [6, 6.07) is 2.40. The van der Waals surface area contributed by atoms with E-state index in [2.05, 4.69) is 25.2 Å². The van der Waals surface area contributed by atoms with Crippen LogP contribution in [0.4, 0.5) is 5.82 Å². The molecule has 0 saturated heterocycles. The Morgan fingerprint density at radius 2 is 2.19 bits per heavy atom. The average molecular weight is 216 g/mol. The molecular weight excluding hydrogens is 196 g/mol. The van der Waals surface area contributed by atoms with Crippen molar-refractivity contribution < 1.29 is 0 Å². The maximum atomic E-state index is 4.82. The van der Waals surface area contributed by atoms with Gasteiger partial charge in [0.05, 0.1) is 0 Å². The number of pyridine rings is 1. The number of fused-ring (bicyclic) bond motifs is 2. The SMILES string of the molecule is CC(C)C1CCc2cc3c(nc2C1)NCC3. The molecule has 1 unspecified atom stereocenters. The summed E-state index contributed by atoms with van der Waals surface area (Å²) in [7, 11) is 0. The average Bonchev–Trinajstić information content (AvgIpc) is 2.71. The highest BCUT2D eigenvalue weighted by molar-refractivity contribution is 5.52. The quantitative estimate of drug-likeness (QED) is 0.781. The van der Waals surface area contributed by atoms with Crippen LogP contribution in [0.2, 0.25) is 0 Å². The molecule has 1 N–H and O–H groups in total. The third-order valence-corrected chi connectivity index (χ3v) is 4.14. The van der Waals surface area contributed by atoms with E-state index in [1.165, 1.54) is 36.1 Å². The first-order valence-electron chi connectivity index (χ1n) is 6.49. The van der Waals surface area contributed by atoms with Gasteiger partial charge in [0.1, 0.15) is 5.82 Å². The van der Waals surface area contributed by atoms with Gasteiger partial charge in [0.15, 0.2) is 0 Å². The highest BCUT2D eigenvalue weighted by Crippen LogP contribution is 2.32. The summed E-state index contributed by atoms with van der Waals surface area (Å²) in [5.74, 6) is 2.78. The minimum atomic E-state index is 0.788. The van der Waals surface area contributed by atoms with E-state index in [1.54, 1.807) is 0 Å². The first-order chi connectivity index (χ1) is 7.74. The van der Waals surface area contributed by atoms with Crippen LogP contribution in [0.25, 0.3) is 0 Å². The Bertz CT molecular complexity index is 409. The van der Waals surface area contributed by atoms with Crippen LogP contribution < -0.4 is 5.32 Å². The minimum absolute atomic E-state index is 0.788. The number of hydrogen-bond acceptors (Lipinski definition) is 2. The summed E-state index contributed by atoms with van der Waals surface area (Å²) in [6.07, 6.45) is 4.92. The van der Waals surface area contributed by atoms with Gasteiger partial charge in [-0.05, 0) is 48.6 Å². The number of rotatable bonds is 1. The van der Waals surface area contributed by atoms with Gasteiger partial charge < -0.3 is 5.32 Å². The summed E-state index contributed by atoms with van der Waals surface area (Å²) < 4.78 is 0. The normalized spacial score (nSPS) is 22.8. The standard InChI is InChI=1S/C14H20N2/c1-9(2)10-3-4-11-7-12-5-6-15-14(12)16-13(11)8-10/h7,9-10H,3-6,8H2,1-2H3,(H,15,16). The largest absolute Gasteiger partial charge is 0.370 e. The second-order valence-corrected chi connectivity index (χ2v) is 5.53. The smallest absolute Gasteiger partial charge is 0.129 e. The van der Waals surface area contributed by atoms with E-state index in [1.807, 2.05) is 0 Å². The molecule has 0 fully saturated rings. The predicted octanol–water partition coefficient (Wildman–Crippen LogP) is 2.81. The molecule has 0 bridgehead atoms. The fraction of sp³-hybridized carbons (Fsp3) is 0.643. The Labute approximate surface area is 97.5 Å². The maximum absolute atomic E-state index is 4.82. The Hall–Kier alpha value is -1.05. The van der Waals surface area contributed by atoms with Gasteiger partial charge in [-0.3, -0.25) is 0 Å². The molecule has 86 valence electrons. The molecule has 0 radical (unpaired) electrons. The summed E-state index contributed by atoms with van der Waals surface area (Å²) in [6.45, 7) is 5.74. The number of aromatic nitrogens is 1. The van der Waals surface area contributed by atoms with Crippen LogP contribution in [0, 0.1) is 11.8 Å². The van der Waals surface area contributed by atoms with Crippen molar-refractivity contribution in [2.45, 2.75) is 39.5 Å². The molecule has 1 aromatic heterocycles. The topological polar surface area (TPSA) is 24.9 Å². The monoisotopic (exact) mass is 216 g/mol. The van der Waals surface area contributed by atoms with Crippen molar-refractivity contribution in [3.05, 3.63) is 22.9 Å². The second kappa shape index (κ2) is 3.76. The van der Waals surface area contributed by atoms with Crippen molar-refractivity contribution in [2.75, 3.05) is 11.9 Å². The van der Waals surface area contributed by atoms with Crippen LogP contribution in [0.3, 0.4) is 0 Å². The van der Waals surface area contributed by atoms with Crippen LogP contribution in [-0.2, 0) is 19.3 Å². The lowest BCUT2D eigenvalue weighted by molar-refractivity contribution is 0.339. The highest BCUT2D eigenvalue weighted by Gasteiger charge is 2.24. The minimum Gasteiger partial charge on any atom is -0.370 e. The van der Waals surface area contributed by atoms with Crippen molar-refractivity contribution in [1.29, 1.82) is 0 Å². The second-order valence-electron chi connectivity index (χ2n) is 5.53. The summed E-state index contributed by atoms with van der Waals surface area (Å²) >= 11 is 0. The lowest BCUT2D eigenvalue weighted by atomic mass is 9.80. The van der Waals surface area contributed by atoms with Gasteiger partial charge in [-0.25, -0.2) is 4.98 Å². The van der Waals surface area contributed by atoms with E-state index >= 15 is 0 Å². The van der Waals surface area contributed by atoms with E-state index < -0.39 is 0 Å². The van der Waals surface area contributed by atoms with Crippen LogP contribution in [0.15, 0.2) is 6.07 Å². The Morgan fingerprint density at radius 3 is 3.00 bits per heavy atom. The Balaban J connectivity index is 1.93. The van der Waals surface area contributed by atoms with E-state index in [-0.39, 0.29) is 0 Å². The zero-order valence-electron chi connectivity index (χ0n) is 10.2. The highest BCUT2D eigenvalue weighted by atomic mass is 15.0. The molecule has 3 rings (SSSR count). The molecule has 0 saturated carbocycles. The number of anilines is 1. The van der Waals surface area contributed by atoms with Crippen molar-refractivity contribution in [1.82, 2.24) is 4.98 Å². The van der Waals surface area contributed by atoms with Gasteiger partial charge in [0.25, 0.3) is 0 Å². The van der Waals surface area contributed by atoms with Crippen LogP contribution >= 0.6 is 0 Å². The molecule has 1 atom stereocenters. The molecular formula is C14H20N2. The molecule has 1 aliphatic carbocycles. The Kier molecular flexibility index (Phi) is 2.38. The van der Waals surface area contributed by atoms with Crippen LogP contribution in [-0.4, -0.2) is 11.5 Å². The van der Waals surface area contributed by atoms with Gasteiger partial charge in [0, 0.05) is 12.2 Å². The van der Waals surface area contributed by atoms with Gasteiger partial charge in [-0.2, -0.15) is 0 Å². The number of aryl methyl sites for hydroxylation is 1. The van der Waals surface area contributed by atoms with Gasteiger partial charge >= 0.3 is 0 Å². The number of hydrogen-bond donors (Lipinski definition) is 1. The predicted molar refractivity (Wildman–Crippen MR) is 66.8 cm³/mol. The first-order valence-corrected chi connectivity index (χ1v) is 6.49. The zero-order valence-corrected chi connectivity index (χ0v) is 10.2.